The lowest BCUT2D eigenvalue weighted by Gasteiger charge is -2.10. The fraction of sp³-hybridized carbons (Fsp3) is 0.200. The van der Waals surface area contributed by atoms with Gasteiger partial charge in [0.2, 0.25) is 5.91 Å². The summed E-state index contributed by atoms with van der Waals surface area (Å²) in [6.07, 6.45) is 1.83. The number of carbonyl (C=O) groups is 1. The van der Waals surface area contributed by atoms with Crippen molar-refractivity contribution >= 4 is 45.5 Å². The Labute approximate surface area is 240 Å². The number of benzene rings is 2. The summed E-state index contributed by atoms with van der Waals surface area (Å²) in [7, 11) is 0. The maximum atomic E-state index is 12.8. The van der Waals surface area contributed by atoms with Crippen molar-refractivity contribution in [1.82, 2.24) is 19.7 Å². The van der Waals surface area contributed by atoms with E-state index in [1.54, 1.807) is 11.3 Å². The lowest BCUT2D eigenvalue weighted by Crippen LogP contribution is -2.14. The van der Waals surface area contributed by atoms with Crippen molar-refractivity contribution in [3.63, 3.8) is 0 Å². The fourth-order valence-corrected chi connectivity index (χ4v) is 6.58. The van der Waals surface area contributed by atoms with Gasteiger partial charge in [-0.3, -0.25) is 9.36 Å². The molecule has 6 nitrogen and oxygen atoms in total. The Kier molecular flexibility index (Phi) is 8.11. The van der Waals surface area contributed by atoms with Crippen LogP contribution < -0.4 is 5.32 Å². The Morgan fingerprint density at radius 3 is 2.51 bits per heavy atom. The number of rotatable bonds is 9. The van der Waals surface area contributed by atoms with E-state index in [9.17, 15) is 4.79 Å². The Bertz CT molecular complexity index is 1650. The minimum absolute atomic E-state index is 0.137. The van der Waals surface area contributed by atoms with Crippen molar-refractivity contribution in [3.05, 3.63) is 87.4 Å². The van der Waals surface area contributed by atoms with Crippen molar-refractivity contribution in [3.8, 4) is 33.8 Å². The average Bonchev–Trinajstić information content (AvgIpc) is 3.64. The number of aryl methyl sites for hydroxylation is 4. The van der Waals surface area contributed by atoms with E-state index >= 15 is 0 Å². The highest BCUT2D eigenvalue weighted by Gasteiger charge is 2.21. The van der Waals surface area contributed by atoms with E-state index in [0.717, 1.165) is 33.8 Å². The first-order valence-corrected chi connectivity index (χ1v) is 15.2. The van der Waals surface area contributed by atoms with Gasteiger partial charge in [0, 0.05) is 38.9 Å². The maximum Gasteiger partial charge on any atom is 0.236 e. The van der Waals surface area contributed by atoms with Crippen molar-refractivity contribution in [2.75, 3.05) is 11.1 Å². The highest BCUT2D eigenvalue weighted by molar-refractivity contribution is 7.99. The van der Waals surface area contributed by atoms with E-state index in [0.29, 0.717) is 16.8 Å². The number of thiophene rings is 1. The summed E-state index contributed by atoms with van der Waals surface area (Å²) in [4.78, 5) is 18.6. The smallest absolute Gasteiger partial charge is 0.236 e. The van der Waals surface area contributed by atoms with Crippen LogP contribution in [-0.2, 0) is 11.3 Å². The largest absolute Gasteiger partial charge is 0.301 e. The number of nitrogens with zero attached hydrogens (tertiary/aromatic N) is 4. The molecule has 3 heterocycles. The second-order valence-electron chi connectivity index (χ2n) is 9.33. The van der Waals surface area contributed by atoms with E-state index in [4.69, 9.17) is 0 Å². The van der Waals surface area contributed by atoms with Crippen molar-refractivity contribution in [1.29, 1.82) is 0 Å². The first-order valence-electron chi connectivity index (χ1n) is 12.5. The summed E-state index contributed by atoms with van der Waals surface area (Å²) < 4.78 is 2.02. The van der Waals surface area contributed by atoms with Crippen LogP contribution in [0, 0.1) is 27.7 Å². The number of thiazole rings is 1. The summed E-state index contributed by atoms with van der Waals surface area (Å²) >= 11 is 4.48. The number of allylic oxidation sites excluding steroid dienone is 1. The van der Waals surface area contributed by atoms with Crippen molar-refractivity contribution in [2.24, 2.45) is 0 Å². The second kappa shape index (κ2) is 11.7. The quantitative estimate of drug-likeness (QED) is 0.144. The summed E-state index contributed by atoms with van der Waals surface area (Å²) in [5.74, 6) is 0.833. The van der Waals surface area contributed by atoms with Crippen LogP contribution >= 0.6 is 34.4 Å². The number of hydrogen-bond acceptors (Lipinski definition) is 7. The molecule has 0 aliphatic carbocycles. The topological polar surface area (TPSA) is 72.7 Å². The number of hydrogen-bond donors (Lipinski definition) is 1. The molecule has 0 aliphatic heterocycles. The molecule has 0 unspecified atom stereocenters. The third-order valence-electron chi connectivity index (χ3n) is 6.47. The van der Waals surface area contributed by atoms with Crippen LogP contribution in [0.4, 0.5) is 5.13 Å². The van der Waals surface area contributed by atoms with Crippen LogP contribution in [0.1, 0.15) is 21.6 Å². The monoisotopic (exact) mass is 571 g/mol. The van der Waals surface area contributed by atoms with Gasteiger partial charge < -0.3 is 5.32 Å². The number of carbonyl (C=O) groups excluding carboxylic acids is 1. The highest BCUT2D eigenvalue weighted by Crippen LogP contribution is 2.39. The minimum Gasteiger partial charge on any atom is -0.301 e. The second-order valence-corrected chi connectivity index (χ2v) is 12.2. The molecule has 39 heavy (non-hydrogen) atoms. The zero-order valence-corrected chi connectivity index (χ0v) is 24.8. The molecule has 2 aromatic carbocycles. The molecule has 5 aromatic rings. The maximum absolute atomic E-state index is 12.8. The first-order chi connectivity index (χ1) is 18.8. The standard InChI is InChI=1S/C30H29N5OS3/c1-6-13-35-28(24-15-37-21(5)27(24)22-10-7-18(2)8-11-22)33-34-30(35)39-17-26(36)32-29-31-25(16-38-29)23-12-9-19(3)20(4)14-23/h6-12,14-16H,1,13,17H2,2-5H3,(H,31,32,36). The summed E-state index contributed by atoms with van der Waals surface area (Å²) in [5, 5.41) is 17.3. The van der Waals surface area contributed by atoms with Gasteiger partial charge in [-0.25, -0.2) is 4.98 Å². The van der Waals surface area contributed by atoms with Gasteiger partial charge in [-0.2, -0.15) is 0 Å². The third kappa shape index (κ3) is 5.90. The minimum atomic E-state index is -0.137. The van der Waals surface area contributed by atoms with Gasteiger partial charge in [0.05, 0.1) is 11.4 Å². The Morgan fingerprint density at radius 2 is 1.77 bits per heavy atom. The molecular formula is C30H29N5OS3. The van der Waals surface area contributed by atoms with E-state index in [2.05, 4.69) is 103 Å². The van der Waals surface area contributed by atoms with Crippen LogP contribution in [0.15, 0.2) is 71.0 Å². The zero-order chi connectivity index (χ0) is 27.5. The molecule has 3 aromatic heterocycles. The van der Waals surface area contributed by atoms with Gasteiger partial charge in [-0.1, -0.05) is 59.8 Å². The first kappa shape index (κ1) is 27.1. The summed E-state index contributed by atoms with van der Waals surface area (Å²) in [6, 6.07) is 14.8. The van der Waals surface area contributed by atoms with Gasteiger partial charge in [0.1, 0.15) is 0 Å². The fourth-order valence-electron chi connectivity index (χ4n) is 4.24. The normalized spacial score (nSPS) is 11.1. The predicted molar refractivity (Wildman–Crippen MR) is 165 cm³/mol. The van der Waals surface area contributed by atoms with Crippen molar-refractivity contribution in [2.45, 2.75) is 39.4 Å². The van der Waals surface area contributed by atoms with Gasteiger partial charge in [-0.05, 0) is 50.5 Å². The average molecular weight is 572 g/mol. The molecule has 0 spiro atoms. The molecule has 5 rings (SSSR count). The van der Waals surface area contributed by atoms with Crippen molar-refractivity contribution < 1.29 is 4.79 Å². The van der Waals surface area contributed by atoms with E-state index in [1.165, 1.54) is 44.7 Å². The van der Waals surface area contributed by atoms with Gasteiger partial charge in [-0.15, -0.1) is 39.4 Å². The van der Waals surface area contributed by atoms with Crippen LogP contribution in [0.25, 0.3) is 33.8 Å². The number of amides is 1. The molecule has 0 saturated heterocycles. The van der Waals surface area contributed by atoms with Crippen LogP contribution in [0.5, 0.6) is 0 Å². The summed E-state index contributed by atoms with van der Waals surface area (Å²) in [6.45, 7) is 12.9. The third-order valence-corrected chi connectivity index (χ3v) is 9.11. The Balaban J connectivity index is 1.31. The van der Waals surface area contributed by atoms with Gasteiger partial charge in [0.15, 0.2) is 16.1 Å². The molecule has 0 bridgehead atoms. The zero-order valence-electron chi connectivity index (χ0n) is 22.3. The molecule has 9 heteroatoms. The van der Waals surface area contributed by atoms with Gasteiger partial charge in [0.25, 0.3) is 0 Å². The van der Waals surface area contributed by atoms with Crippen LogP contribution in [0.3, 0.4) is 0 Å². The predicted octanol–water partition coefficient (Wildman–Crippen LogP) is 7.95. The number of thioether (sulfide) groups is 1. The molecule has 1 amide bonds. The summed E-state index contributed by atoms with van der Waals surface area (Å²) in [5.41, 5.74) is 8.93. The van der Waals surface area contributed by atoms with Gasteiger partial charge >= 0.3 is 0 Å². The highest BCUT2D eigenvalue weighted by atomic mass is 32.2. The lowest BCUT2D eigenvalue weighted by atomic mass is 10.0. The Hall–Kier alpha value is -3.53. The molecule has 0 fully saturated rings. The molecule has 1 N–H and O–H groups in total. The SMILES string of the molecule is C=CCn1c(SCC(=O)Nc2nc(-c3ccc(C)c(C)c3)cs2)nnc1-c1csc(C)c1-c1ccc(C)cc1. The number of nitrogens with one attached hydrogen (secondary N) is 1. The Morgan fingerprint density at radius 1 is 1.00 bits per heavy atom. The van der Waals surface area contributed by atoms with Crippen LogP contribution in [0.2, 0.25) is 0 Å². The van der Waals surface area contributed by atoms with E-state index in [1.807, 2.05) is 16.0 Å². The van der Waals surface area contributed by atoms with E-state index < -0.39 is 0 Å². The van der Waals surface area contributed by atoms with Crippen LogP contribution in [-0.4, -0.2) is 31.4 Å². The molecule has 0 aliphatic rings. The number of anilines is 1. The molecule has 0 atom stereocenters. The van der Waals surface area contributed by atoms with E-state index in [-0.39, 0.29) is 11.7 Å². The number of aromatic nitrogens is 4. The molecule has 0 saturated carbocycles. The molecular weight excluding hydrogens is 543 g/mol. The molecule has 198 valence electrons. The molecule has 0 radical (unpaired) electrons. The lowest BCUT2D eigenvalue weighted by molar-refractivity contribution is -0.113.